The van der Waals surface area contributed by atoms with Crippen molar-refractivity contribution in [2.75, 3.05) is 0 Å². The van der Waals surface area contributed by atoms with Crippen molar-refractivity contribution in [3.63, 3.8) is 0 Å². The van der Waals surface area contributed by atoms with E-state index in [1.165, 1.54) is 0 Å². The highest BCUT2D eigenvalue weighted by molar-refractivity contribution is 6.17. The van der Waals surface area contributed by atoms with Crippen LogP contribution in [0.5, 0.6) is 0 Å². The van der Waals surface area contributed by atoms with Gasteiger partial charge in [0.1, 0.15) is 6.04 Å². The number of aryl methyl sites for hydroxylation is 1. The standard InChI is InChI=1S/C23H23N3O3/c1-13-20-16-6-4-5-7-17(16)21(14-8-10-15(11-9-14)23(2,3)28)25-18(12-19(24)27)22(20)29-26-13/h4-11,18,28H,12H2,1-3H3,(H2,24,27). The molecule has 3 N–H and O–H groups in total. The predicted molar refractivity (Wildman–Crippen MR) is 111 cm³/mol. The van der Waals surface area contributed by atoms with E-state index in [1.807, 2.05) is 55.5 Å². The minimum absolute atomic E-state index is 0.0286. The summed E-state index contributed by atoms with van der Waals surface area (Å²) in [5.74, 6) is 0.0956. The lowest BCUT2D eigenvalue weighted by molar-refractivity contribution is -0.118. The molecule has 6 nitrogen and oxygen atoms in total. The van der Waals surface area contributed by atoms with Gasteiger partial charge in [-0.2, -0.15) is 0 Å². The fraction of sp³-hybridized carbons (Fsp3) is 0.261. The molecule has 0 spiro atoms. The van der Waals surface area contributed by atoms with E-state index in [1.54, 1.807) is 13.8 Å². The summed E-state index contributed by atoms with van der Waals surface area (Å²) in [6.07, 6.45) is 0.0286. The summed E-state index contributed by atoms with van der Waals surface area (Å²) in [5.41, 5.74) is 10.5. The Hall–Kier alpha value is -3.25. The lowest BCUT2D eigenvalue weighted by Gasteiger charge is -2.18. The molecule has 0 saturated carbocycles. The number of aliphatic hydroxyl groups is 1. The van der Waals surface area contributed by atoms with E-state index in [9.17, 15) is 9.90 Å². The van der Waals surface area contributed by atoms with Crippen LogP contribution in [0.4, 0.5) is 0 Å². The largest absolute Gasteiger partial charge is 0.386 e. The van der Waals surface area contributed by atoms with Crippen LogP contribution in [-0.2, 0) is 10.4 Å². The molecule has 1 amide bonds. The topological polar surface area (TPSA) is 102 Å². The molecule has 0 radical (unpaired) electrons. The molecule has 0 saturated heterocycles. The number of fused-ring (bicyclic) bond motifs is 3. The first-order chi connectivity index (χ1) is 13.8. The normalized spacial score (nSPS) is 15.9. The average molecular weight is 389 g/mol. The smallest absolute Gasteiger partial charge is 0.220 e. The molecule has 0 aliphatic carbocycles. The molecule has 29 heavy (non-hydrogen) atoms. The lowest BCUT2D eigenvalue weighted by Crippen LogP contribution is -2.16. The number of rotatable bonds is 4. The summed E-state index contributed by atoms with van der Waals surface area (Å²) in [5, 5.41) is 14.4. The minimum atomic E-state index is -0.930. The van der Waals surface area contributed by atoms with Crippen LogP contribution in [0.2, 0.25) is 0 Å². The highest BCUT2D eigenvalue weighted by atomic mass is 16.5. The number of aromatic nitrogens is 1. The molecule has 2 heterocycles. The van der Waals surface area contributed by atoms with Crippen molar-refractivity contribution < 1.29 is 14.4 Å². The van der Waals surface area contributed by atoms with Crippen molar-refractivity contribution in [1.29, 1.82) is 0 Å². The van der Waals surface area contributed by atoms with E-state index in [2.05, 4.69) is 5.16 Å². The third-order valence-electron chi connectivity index (χ3n) is 5.19. The Morgan fingerprint density at radius 2 is 1.79 bits per heavy atom. The lowest BCUT2D eigenvalue weighted by atomic mass is 9.91. The second-order valence-corrected chi connectivity index (χ2v) is 7.85. The highest BCUT2D eigenvalue weighted by Crippen LogP contribution is 2.40. The van der Waals surface area contributed by atoms with Crippen LogP contribution >= 0.6 is 0 Å². The van der Waals surface area contributed by atoms with Crippen LogP contribution in [0.25, 0.3) is 11.1 Å². The molecule has 1 unspecified atom stereocenters. The number of hydrogen-bond acceptors (Lipinski definition) is 5. The number of primary amides is 1. The van der Waals surface area contributed by atoms with Gasteiger partial charge in [0.05, 0.1) is 29.0 Å². The monoisotopic (exact) mass is 389 g/mol. The van der Waals surface area contributed by atoms with Crippen molar-refractivity contribution in [2.24, 2.45) is 10.7 Å². The van der Waals surface area contributed by atoms with Gasteiger partial charge in [0, 0.05) is 11.1 Å². The van der Waals surface area contributed by atoms with Crippen LogP contribution in [0.15, 0.2) is 58.0 Å². The Morgan fingerprint density at radius 1 is 1.14 bits per heavy atom. The summed E-state index contributed by atoms with van der Waals surface area (Å²) in [7, 11) is 0. The number of carbonyl (C=O) groups excluding carboxylic acids is 1. The second-order valence-electron chi connectivity index (χ2n) is 7.85. The van der Waals surface area contributed by atoms with Gasteiger partial charge in [0.25, 0.3) is 0 Å². The number of amides is 1. The molecule has 1 aromatic heterocycles. The number of benzene rings is 2. The Morgan fingerprint density at radius 3 is 2.41 bits per heavy atom. The number of hydrogen-bond donors (Lipinski definition) is 2. The fourth-order valence-corrected chi connectivity index (χ4v) is 3.73. The number of nitrogens with two attached hydrogens (primary N) is 1. The zero-order chi connectivity index (χ0) is 20.8. The van der Waals surface area contributed by atoms with Gasteiger partial charge >= 0.3 is 0 Å². The van der Waals surface area contributed by atoms with Crippen LogP contribution in [0.3, 0.4) is 0 Å². The van der Waals surface area contributed by atoms with Gasteiger partial charge < -0.3 is 15.4 Å². The van der Waals surface area contributed by atoms with Crippen molar-refractivity contribution in [2.45, 2.75) is 38.8 Å². The third kappa shape index (κ3) is 3.47. The van der Waals surface area contributed by atoms with Crippen LogP contribution < -0.4 is 5.73 Å². The van der Waals surface area contributed by atoms with Crippen molar-refractivity contribution in [3.05, 3.63) is 76.7 Å². The SMILES string of the molecule is Cc1noc2c1-c1ccccc1C(c1ccc(C(C)(C)O)cc1)=NC2CC(N)=O. The summed E-state index contributed by atoms with van der Waals surface area (Å²) in [4.78, 5) is 16.6. The zero-order valence-electron chi connectivity index (χ0n) is 16.6. The zero-order valence-corrected chi connectivity index (χ0v) is 16.6. The first kappa shape index (κ1) is 19.1. The Balaban J connectivity index is 1.93. The van der Waals surface area contributed by atoms with E-state index in [-0.39, 0.29) is 6.42 Å². The predicted octanol–water partition coefficient (Wildman–Crippen LogP) is 3.64. The molecule has 1 atom stereocenters. The van der Waals surface area contributed by atoms with Gasteiger partial charge in [-0.05, 0) is 31.9 Å². The Kier molecular flexibility index (Phi) is 4.59. The maximum Gasteiger partial charge on any atom is 0.220 e. The van der Waals surface area contributed by atoms with Gasteiger partial charge in [-0.25, -0.2) is 0 Å². The summed E-state index contributed by atoms with van der Waals surface area (Å²) < 4.78 is 5.59. The van der Waals surface area contributed by atoms with Crippen molar-refractivity contribution in [1.82, 2.24) is 5.16 Å². The molecular formula is C23H23N3O3. The maximum absolute atomic E-state index is 11.7. The summed E-state index contributed by atoms with van der Waals surface area (Å²) in [6, 6.07) is 15.0. The molecule has 4 rings (SSSR count). The summed E-state index contributed by atoms with van der Waals surface area (Å²) in [6.45, 7) is 5.37. The van der Waals surface area contributed by atoms with E-state index in [0.717, 1.165) is 39.2 Å². The van der Waals surface area contributed by atoms with Gasteiger partial charge in [-0.3, -0.25) is 9.79 Å². The minimum Gasteiger partial charge on any atom is -0.386 e. The van der Waals surface area contributed by atoms with E-state index in [0.29, 0.717) is 5.76 Å². The van der Waals surface area contributed by atoms with Gasteiger partial charge in [-0.1, -0.05) is 53.7 Å². The molecule has 0 fully saturated rings. The van der Waals surface area contributed by atoms with Gasteiger partial charge in [0.2, 0.25) is 5.91 Å². The molecule has 148 valence electrons. The quantitative estimate of drug-likeness (QED) is 0.711. The molecule has 3 aromatic rings. The number of carbonyl (C=O) groups is 1. The molecule has 2 aromatic carbocycles. The molecular weight excluding hydrogens is 366 g/mol. The number of nitrogens with zero attached hydrogens (tertiary/aromatic N) is 2. The van der Waals surface area contributed by atoms with E-state index >= 15 is 0 Å². The van der Waals surface area contributed by atoms with Crippen LogP contribution in [0.1, 0.15) is 54.5 Å². The van der Waals surface area contributed by atoms with Gasteiger partial charge in [-0.15, -0.1) is 0 Å². The molecule has 1 aliphatic rings. The Bertz CT molecular complexity index is 1110. The maximum atomic E-state index is 11.7. The molecule has 1 aliphatic heterocycles. The van der Waals surface area contributed by atoms with Crippen LogP contribution in [0, 0.1) is 6.92 Å². The van der Waals surface area contributed by atoms with Crippen LogP contribution in [-0.4, -0.2) is 21.9 Å². The second kappa shape index (κ2) is 6.97. The van der Waals surface area contributed by atoms with E-state index < -0.39 is 17.6 Å². The fourth-order valence-electron chi connectivity index (χ4n) is 3.73. The molecule has 0 bridgehead atoms. The average Bonchev–Trinajstić information content (AvgIpc) is 2.99. The summed E-state index contributed by atoms with van der Waals surface area (Å²) >= 11 is 0. The molecule has 6 heteroatoms. The number of aliphatic imine (C=N–C) groups is 1. The van der Waals surface area contributed by atoms with Crippen molar-refractivity contribution >= 4 is 11.6 Å². The highest BCUT2D eigenvalue weighted by Gasteiger charge is 2.31. The first-order valence-electron chi connectivity index (χ1n) is 9.51. The third-order valence-corrected chi connectivity index (χ3v) is 5.19. The van der Waals surface area contributed by atoms with E-state index in [4.69, 9.17) is 15.2 Å². The van der Waals surface area contributed by atoms with Crippen molar-refractivity contribution in [3.8, 4) is 11.1 Å². The van der Waals surface area contributed by atoms with Gasteiger partial charge in [0.15, 0.2) is 5.76 Å². The Labute approximate surface area is 169 Å². The first-order valence-corrected chi connectivity index (χ1v) is 9.51.